The van der Waals surface area contributed by atoms with Crippen LogP contribution in [0.2, 0.25) is 0 Å². The molecule has 2 aliphatic rings. The summed E-state index contributed by atoms with van der Waals surface area (Å²) in [5.74, 6) is -2.00. The molecule has 2 aromatic carbocycles. The Hall–Kier alpha value is -2.04. The number of carboxylic acid groups (broad SMARTS) is 1. The van der Waals surface area contributed by atoms with Gasteiger partial charge >= 0.3 is 43.3 Å². The molecule has 2 aromatic rings. The molecule has 2 fully saturated rings. The van der Waals surface area contributed by atoms with E-state index in [4.69, 9.17) is 0 Å². The quantitative estimate of drug-likeness (QED) is 0.266. The molecule has 0 saturated carbocycles. The number of aliphatic carboxylic acids is 1. The topological polar surface area (TPSA) is 139 Å². The molecule has 0 aromatic heterocycles. The van der Waals surface area contributed by atoms with Gasteiger partial charge in [-0.3, -0.25) is 9.59 Å². The number of carbonyl (C=O) groups is 3. The van der Waals surface area contributed by atoms with E-state index in [0.29, 0.717) is 45.1 Å². The van der Waals surface area contributed by atoms with Gasteiger partial charge in [0.25, 0.3) is 0 Å². The van der Waals surface area contributed by atoms with E-state index in [1.807, 2.05) is 60.7 Å². The summed E-state index contributed by atoms with van der Waals surface area (Å²) in [6.45, 7) is 2.06. The van der Waals surface area contributed by atoms with Crippen LogP contribution < -0.4 is 0 Å². The number of rotatable bonds is 11. The molecule has 4 rings (SSSR count). The fraction of sp³-hybridized carbons (Fsp3) is 0.483. The van der Waals surface area contributed by atoms with Crippen LogP contribution in [0.5, 0.6) is 0 Å². The van der Waals surface area contributed by atoms with Gasteiger partial charge in [0.2, 0.25) is 11.8 Å². The van der Waals surface area contributed by atoms with E-state index in [-0.39, 0.29) is 49.1 Å². The van der Waals surface area contributed by atoms with Crippen LogP contribution in [0, 0.1) is 0 Å². The van der Waals surface area contributed by atoms with Crippen molar-refractivity contribution in [2.45, 2.75) is 69.5 Å². The molecule has 12 heteroatoms. The summed E-state index contributed by atoms with van der Waals surface area (Å²) in [7, 11) is -4.92. The minimum absolute atomic E-state index is 0. The number of carboxylic acids is 1. The number of benzene rings is 2. The van der Waals surface area contributed by atoms with Gasteiger partial charge in [0, 0.05) is 19.6 Å². The van der Waals surface area contributed by atoms with Crippen LogP contribution in [0.4, 0.5) is 0 Å². The van der Waals surface area contributed by atoms with Crippen LogP contribution in [0.15, 0.2) is 60.7 Å². The van der Waals surface area contributed by atoms with Crippen molar-refractivity contribution >= 4 is 55.1 Å². The average Bonchev–Trinajstić information content (AvgIpc) is 3.62. The van der Waals surface area contributed by atoms with Crippen LogP contribution in [0.1, 0.15) is 50.2 Å². The molecule has 3 N–H and O–H groups in total. The van der Waals surface area contributed by atoms with E-state index < -0.39 is 43.2 Å². The summed E-state index contributed by atoms with van der Waals surface area (Å²) in [4.78, 5) is 63.6. The van der Waals surface area contributed by atoms with E-state index >= 15 is 0 Å². The van der Waals surface area contributed by atoms with Crippen LogP contribution in [0.3, 0.4) is 0 Å². The Morgan fingerprint density at radius 1 is 0.878 bits per heavy atom. The van der Waals surface area contributed by atoms with Crippen molar-refractivity contribution in [3.8, 4) is 0 Å². The van der Waals surface area contributed by atoms with Crippen molar-refractivity contribution in [3.05, 3.63) is 71.8 Å². The summed E-state index contributed by atoms with van der Waals surface area (Å²) in [5.41, 5.74) is 0.177. The summed E-state index contributed by atoms with van der Waals surface area (Å²) in [6, 6.07) is 16.9. The first-order chi connectivity index (χ1) is 19.0. The third-order valence-electron chi connectivity index (χ3n) is 8.16. The van der Waals surface area contributed by atoms with Crippen molar-refractivity contribution < 1.29 is 33.8 Å². The summed E-state index contributed by atoms with van der Waals surface area (Å²) in [5, 5.41) is 9.61. The fourth-order valence-corrected chi connectivity index (χ4v) is 7.10. The second-order valence-electron chi connectivity index (χ2n) is 10.8. The van der Waals surface area contributed by atoms with Crippen molar-refractivity contribution in [2.75, 3.05) is 19.6 Å². The first kappa shape index (κ1) is 33.5. The fourth-order valence-electron chi connectivity index (χ4n) is 5.98. The average molecular weight is 596 g/mol. The molecule has 41 heavy (non-hydrogen) atoms. The number of hydrogen-bond donors (Lipinski definition) is 3. The molecule has 0 aliphatic carbocycles. The third-order valence-corrected chi connectivity index (χ3v) is 9.43. The summed E-state index contributed by atoms with van der Waals surface area (Å²) < 4.78 is 14.0. The molecule has 2 heterocycles. The van der Waals surface area contributed by atoms with Crippen molar-refractivity contribution in [1.82, 2.24) is 14.5 Å². The first-order valence-electron chi connectivity index (χ1n) is 13.8. The Labute approximate surface area is 263 Å². The van der Waals surface area contributed by atoms with Gasteiger partial charge in [0.1, 0.15) is 17.6 Å². The zero-order chi connectivity index (χ0) is 28.9. The van der Waals surface area contributed by atoms with Crippen LogP contribution in [-0.4, -0.2) is 114 Å². The van der Waals surface area contributed by atoms with Gasteiger partial charge in [-0.05, 0) is 63.0 Å². The Morgan fingerprint density at radius 2 is 1.39 bits per heavy atom. The molecule has 0 spiro atoms. The molecule has 3 atom stereocenters. The minimum atomic E-state index is -4.92. The Morgan fingerprint density at radius 3 is 1.93 bits per heavy atom. The van der Waals surface area contributed by atoms with Gasteiger partial charge in [-0.15, -0.1) is 0 Å². The molecule has 10 nitrogen and oxygen atoms in total. The van der Waals surface area contributed by atoms with Crippen LogP contribution in [-0.2, 0) is 31.8 Å². The molecule has 0 unspecified atom stereocenters. The number of nitrogens with zero attached hydrogens (tertiary/aromatic N) is 3. The van der Waals surface area contributed by atoms with Crippen molar-refractivity contribution in [2.24, 2.45) is 0 Å². The third kappa shape index (κ3) is 7.87. The number of aryl methyl sites for hydroxylation is 1. The molecular weight excluding hydrogens is 556 g/mol. The Bertz CT molecular complexity index is 1250. The molecule has 0 radical (unpaired) electrons. The van der Waals surface area contributed by atoms with Crippen LogP contribution >= 0.6 is 7.75 Å². The monoisotopic (exact) mass is 595 g/mol. The normalized spacial score (nSPS) is 20.5. The zero-order valence-corrected chi connectivity index (χ0v) is 23.7. The van der Waals surface area contributed by atoms with Gasteiger partial charge in [-0.2, -0.15) is 4.67 Å². The van der Waals surface area contributed by atoms with Gasteiger partial charge in [0.15, 0.2) is 0 Å². The summed E-state index contributed by atoms with van der Waals surface area (Å²) in [6.07, 6.45) is 2.69. The Balaban J connectivity index is 0.00000462. The Kier molecular flexibility index (Phi) is 11.8. The van der Waals surface area contributed by atoms with Gasteiger partial charge in [-0.1, -0.05) is 60.7 Å². The molecular formula is C29H39N3NaO7P. The van der Waals surface area contributed by atoms with E-state index in [9.17, 15) is 33.8 Å². The SMILES string of the molecule is C[C@@](CCc1ccccc1)(C(=O)N1CCC[C@H]1C(=O)N1CCC[C@H]1C(=O)O)N(CCc1ccccc1)P(=O)(O)O.[NaH]. The van der Waals surface area contributed by atoms with Gasteiger partial charge in [0.05, 0.1) is 0 Å². The molecule has 2 amide bonds. The number of carbonyl (C=O) groups excluding carboxylic acids is 2. The van der Waals surface area contributed by atoms with Crippen LogP contribution in [0.25, 0.3) is 0 Å². The molecule has 2 aliphatic heterocycles. The van der Waals surface area contributed by atoms with Crippen molar-refractivity contribution in [1.29, 1.82) is 0 Å². The number of hydrogen-bond acceptors (Lipinski definition) is 4. The first-order valence-corrected chi connectivity index (χ1v) is 15.3. The zero-order valence-electron chi connectivity index (χ0n) is 22.8. The number of likely N-dealkylation sites (tertiary alicyclic amines) is 2. The maximum atomic E-state index is 14.4. The van der Waals surface area contributed by atoms with Gasteiger partial charge in [-0.25, -0.2) is 9.36 Å². The molecule has 218 valence electrons. The van der Waals surface area contributed by atoms with E-state index in [1.54, 1.807) is 6.92 Å². The number of amides is 2. The predicted molar refractivity (Wildman–Crippen MR) is 156 cm³/mol. The summed E-state index contributed by atoms with van der Waals surface area (Å²) >= 11 is 0. The predicted octanol–water partition coefficient (Wildman–Crippen LogP) is 2.43. The van der Waals surface area contributed by atoms with E-state index in [1.165, 1.54) is 9.80 Å². The maximum absolute atomic E-state index is 14.4. The molecule has 0 bridgehead atoms. The van der Waals surface area contributed by atoms with E-state index in [2.05, 4.69) is 0 Å². The van der Waals surface area contributed by atoms with Crippen molar-refractivity contribution in [3.63, 3.8) is 0 Å². The molecule has 2 saturated heterocycles. The second-order valence-corrected chi connectivity index (χ2v) is 12.3. The van der Waals surface area contributed by atoms with E-state index in [0.717, 1.165) is 15.8 Å². The standard InChI is InChI=1S/C29H38N3O7P.Na.H/c1-29(18-16-22-10-4-2-5-11-22,32(40(37,38)39)21-17-23-12-6-3-7-13-23)28(36)31-20-8-14-24(31)26(33)30-19-9-15-25(30)27(34)35;;/h2-7,10-13,24-25H,8-9,14-21H2,1H3,(H,34,35)(H2,37,38,39);;/t24-,25-,29+;;/m0../s1. The second kappa shape index (κ2) is 14.4. The van der Waals surface area contributed by atoms with Gasteiger partial charge < -0.3 is 24.7 Å².